The molecule has 0 unspecified atom stereocenters. The van der Waals surface area contributed by atoms with E-state index < -0.39 is 11.6 Å². The number of fused-ring (bicyclic) bond motifs is 2. The summed E-state index contributed by atoms with van der Waals surface area (Å²) >= 11 is 7.69. The number of halogens is 1. The molecule has 192 valence electrons. The summed E-state index contributed by atoms with van der Waals surface area (Å²) < 4.78 is 2.95. The molecule has 0 fully saturated rings. The van der Waals surface area contributed by atoms with Crippen molar-refractivity contribution in [3.63, 3.8) is 0 Å². The summed E-state index contributed by atoms with van der Waals surface area (Å²) in [5, 5.41) is 25.1. The number of hydrogen-bond donors (Lipinski definition) is 2. The van der Waals surface area contributed by atoms with Gasteiger partial charge in [-0.2, -0.15) is 5.10 Å². The quantitative estimate of drug-likeness (QED) is 0.245. The Morgan fingerprint density at radius 3 is 2.35 bits per heavy atom. The average molecular weight is 536 g/mol. The lowest BCUT2D eigenvalue weighted by atomic mass is 9.93. The van der Waals surface area contributed by atoms with Crippen LogP contribution in [0.2, 0.25) is 5.02 Å². The number of carboxylic acids is 1. The van der Waals surface area contributed by atoms with Gasteiger partial charge in [-0.25, -0.2) is 4.98 Å². The van der Waals surface area contributed by atoms with Crippen LogP contribution in [0.3, 0.4) is 0 Å². The Labute approximate surface area is 225 Å². The number of nitrogens with zero attached hydrogens (tertiary/aromatic N) is 3. The lowest BCUT2D eigenvalue weighted by Crippen LogP contribution is -2.10. The summed E-state index contributed by atoms with van der Waals surface area (Å²) in [6.45, 7) is 10.1. The summed E-state index contributed by atoms with van der Waals surface area (Å²) in [7, 11) is 0. The first kappa shape index (κ1) is 26.8. The molecule has 3 aromatic carbocycles. The van der Waals surface area contributed by atoms with E-state index in [1.165, 1.54) is 0 Å². The summed E-state index contributed by atoms with van der Waals surface area (Å²) in [4.78, 5) is 16.6. The molecule has 2 N–H and O–H groups in total. The van der Waals surface area contributed by atoms with Gasteiger partial charge in [0.1, 0.15) is 5.01 Å². The van der Waals surface area contributed by atoms with E-state index in [2.05, 4.69) is 30.2 Å². The Bertz CT molecular complexity index is 1570. The Morgan fingerprint density at radius 2 is 1.73 bits per heavy atom. The Morgan fingerprint density at radius 1 is 1.08 bits per heavy atom. The van der Waals surface area contributed by atoms with Crippen molar-refractivity contribution in [2.45, 2.75) is 53.2 Å². The third-order valence-corrected chi connectivity index (χ3v) is 7.05. The topological polar surface area (TPSA) is 88.2 Å². The molecule has 2 heterocycles. The van der Waals surface area contributed by atoms with Gasteiger partial charge in [0.25, 0.3) is 0 Å². The molecule has 0 saturated heterocycles. The number of carbonyl (C=O) groups is 1. The van der Waals surface area contributed by atoms with Crippen LogP contribution >= 0.6 is 22.9 Å². The fourth-order valence-electron chi connectivity index (χ4n) is 4.13. The summed E-state index contributed by atoms with van der Waals surface area (Å²) in [5.41, 5.74) is 6.07. The van der Waals surface area contributed by atoms with Crippen LogP contribution in [0, 0.1) is 6.92 Å². The molecule has 0 atom stereocenters. The maximum atomic E-state index is 11.6. The second-order valence-electron chi connectivity index (χ2n) is 9.90. The zero-order chi connectivity index (χ0) is 26.9. The molecule has 0 aliphatic carbocycles. The minimum Gasteiger partial charge on any atom is -0.481 e. The normalized spacial score (nSPS) is 11.5. The lowest BCUT2D eigenvalue weighted by molar-refractivity contribution is -0.136. The maximum Gasteiger partial charge on any atom is 0.307 e. The van der Waals surface area contributed by atoms with Crippen molar-refractivity contribution in [2.24, 2.45) is 0 Å². The van der Waals surface area contributed by atoms with Crippen molar-refractivity contribution in [2.75, 3.05) is 0 Å². The first-order valence-electron chi connectivity index (χ1n) is 12.0. The molecular weight excluding hydrogens is 506 g/mol. The molecular formula is C29H30ClN3O3S. The third kappa shape index (κ3) is 6.18. The van der Waals surface area contributed by atoms with E-state index in [0.29, 0.717) is 5.02 Å². The van der Waals surface area contributed by atoms with Crippen molar-refractivity contribution < 1.29 is 15.0 Å². The summed E-state index contributed by atoms with van der Waals surface area (Å²) in [6, 6.07) is 15.8. The lowest BCUT2D eigenvalue weighted by Gasteiger charge is -2.13. The van der Waals surface area contributed by atoms with Gasteiger partial charge in [0, 0.05) is 28.1 Å². The monoisotopic (exact) mass is 535 g/mol. The van der Waals surface area contributed by atoms with Gasteiger partial charge in [-0.3, -0.25) is 9.48 Å². The Balaban J connectivity index is 0.000000586. The van der Waals surface area contributed by atoms with Gasteiger partial charge in [-0.1, -0.05) is 23.7 Å². The van der Waals surface area contributed by atoms with Crippen molar-refractivity contribution in [1.29, 1.82) is 0 Å². The van der Waals surface area contributed by atoms with Gasteiger partial charge in [-0.05, 0) is 87.7 Å². The molecule has 0 amide bonds. The van der Waals surface area contributed by atoms with Crippen LogP contribution in [0.4, 0.5) is 0 Å². The molecule has 2 aromatic heterocycles. The molecule has 0 spiro atoms. The van der Waals surface area contributed by atoms with Crippen LogP contribution < -0.4 is 0 Å². The van der Waals surface area contributed by atoms with E-state index in [4.69, 9.17) is 21.7 Å². The molecule has 0 radical (unpaired) electrons. The standard InChI is InChI=1S/C25H20ClN3O2S.C4H10O/c1-3-29-21-9-6-16(11-17(21)13-27-29)25-28-20-10-14(2)19(12-22(30)31)23(24(20)32-25)15-4-7-18(26)8-5-15;1-4(2,3)5/h4-11,13H,3,12H2,1-2H3,(H,30,31);5H,1-3H3. The number of aromatic nitrogens is 3. The molecule has 6 nitrogen and oxygen atoms in total. The van der Waals surface area contributed by atoms with Gasteiger partial charge in [0.2, 0.25) is 0 Å². The second kappa shape index (κ2) is 10.6. The van der Waals surface area contributed by atoms with E-state index in [9.17, 15) is 9.90 Å². The smallest absolute Gasteiger partial charge is 0.307 e. The van der Waals surface area contributed by atoms with Gasteiger partial charge in [0.15, 0.2) is 0 Å². The molecule has 0 bridgehead atoms. The van der Waals surface area contributed by atoms with Crippen molar-refractivity contribution >= 4 is 50.0 Å². The van der Waals surface area contributed by atoms with Crippen LogP contribution in [-0.2, 0) is 17.8 Å². The van der Waals surface area contributed by atoms with Crippen LogP contribution in [0.1, 0.15) is 38.8 Å². The van der Waals surface area contributed by atoms with Crippen molar-refractivity contribution in [1.82, 2.24) is 14.8 Å². The van der Waals surface area contributed by atoms with E-state index in [1.807, 2.05) is 48.1 Å². The number of carboxylic acid groups (broad SMARTS) is 1. The molecule has 5 aromatic rings. The number of aryl methyl sites for hydroxylation is 2. The second-order valence-corrected chi connectivity index (χ2v) is 11.3. The highest BCUT2D eigenvalue weighted by Crippen LogP contribution is 2.41. The van der Waals surface area contributed by atoms with Gasteiger partial charge in [-0.15, -0.1) is 11.3 Å². The zero-order valence-electron chi connectivity index (χ0n) is 21.5. The summed E-state index contributed by atoms with van der Waals surface area (Å²) in [6.07, 6.45) is 1.83. The third-order valence-electron chi connectivity index (χ3n) is 5.66. The number of thiazole rings is 1. The van der Waals surface area contributed by atoms with Gasteiger partial charge in [0.05, 0.1) is 34.0 Å². The van der Waals surface area contributed by atoms with Crippen molar-refractivity contribution in [3.8, 4) is 21.7 Å². The molecule has 0 aliphatic rings. The predicted molar refractivity (Wildman–Crippen MR) is 153 cm³/mol. The number of benzene rings is 3. The highest BCUT2D eigenvalue weighted by molar-refractivity contribution is 7.22. The number of hydrogen-bond acceptors (Lipinski definition) is 5. The molecule has 0 saturated carbocycles. The minimum atomic E-state index is -0.856. The predicted octanol–water partition coefficient (Wildman–Crippen LogP) is 7.37. The molecule has 5 rings (SSSR count). The molecule has 0 aliphatic heterocycles. The zero-order valence-corrected chi connectivity index (χ0v) is 23.1. The van der Waals surface area contributed by atoms with Crippen LogP contribution in [0.25, 0.3) is 42.8 Å². The average Bonchev–Trinajstić information content (AvgIpc) is 3.42. The van der Waals surface area contributed by atoms with E-state index in [0.717, 1.165) is 60.5 Å². The maximum absolute atomic E-state index is 11.6. The molecule has 37 heavy (non-hydrogen) atoms. The fourth-order valence-corrected chi connectivity index (χ4v) is 5.39. The van der Waals surface area contributed by atoms with E-state index in [-0.39, 0.29) is 6.42 Å². The Kier molecular flexibility index (Phi) is 7.69. The van der Waals surface area contributed by atoms with Crippen LogP contribution in [0.5, 0.6) is 0 Å². The van der Waals surface area contributed by atoms with Crippen LogP contribution in [-0.4, -0.2) is 36.5 Å². The SMILES string of the molecule is CC(C)(C)O.CCn1ncc2cc(-c3nc4cc(C)c(CC(=O)O)c(-c5ccc(Cl)cc5)c4s3)ccc21. The van der Waals surface area contributed by atoms with Gasteiger partial charge >= 0.3 is 5.97 Å². The number of rotatable bonds is 5. The highest BCUT2D eigenvalue weighted by Gasteiger charge is 2.19. The number of aliphatic carboxylic acids is 1. The van der Waals surface area contributed by atoms with E-state index >= 15 is 0 Å². The largest absolute Gasteiger partial charge is 0.481 e. The molecule has 8 heteroatoms. The fraction of sp³-hybridized carbons (Fsp3) is 0.276. The minimum absolute atomic E-state index is 0.0465. The van der Waals surface area contributed by atoms with Crippen molar-refractivity contribution in [3.05, 3.63) is 70.9 Å². The first-order chi connectivity index (χ1) is 17.4. The van der Waals surface area contributed by atoms with Crippen LogP contribution in [0.15, 0.2) is 54.7 Å². The first-order valence-corrected chi connectivity index (χ1v) is 13.2. The number of aliphatic hydroxyl groups is 1. The summed E-state index contributed by atoms with van der Waals surface area (Å²) in [5.74, 6) is -0.856. The highest BCUT2D eigenvalue weighted by atomic mass is 35.5. The van der Waals surface area contributed by atoms with E-state index in [1.54, 1.807) is 32.1 Å². The van der Waals surface area contributed by atoms with Gasteiger partial charge < -0.3 is 10.2 Å². The Hall–Kier alpha value is -3.26.